The molecule has 112 valence electrons. The summed E-state index contributed by atoms with van der Waals surface area (Å²) in [5.74, 6) is 0. The summed E-state index contributed by atoms with van der Waals surface area (Å²) in [6, 6.07) is 11.4. The molecule has 5 heteroatoms. The summed E-state index contributed by atoms with van der Waals surface area (Å²) in [5.41, 5.74) is 1.13. The molecule has 0 aliphatic rings. The van der Waals surface area contributed by atoms with Gasteiger partial charge in [0.05, 0.1) is 10.9 Å². The lowest BCUT2D eigenvalue weighted by atomic mass is 9.98. The van der Waals surface area contributed by atoms with Crippen LogP contribution in [0.1, 0.15) is 34.6 Å². The second-order valence-corrected chi connectivity index (χ2v) is 6.04. The molecule has 21 heavy (non-hydrogen) atoms. The van der Waals surface area contributed by atoms with Gasteiger partial charge in [0, 0.05) is 4.47 Å². The Labute approximate surface area is 135 Å². The first kappa shape index (κ1) is 16.4. The third kappa shape index (κ3) is 3.80. The lowest BCUT2D eigenvalue weighted by molar-refractivity contribution is -0.138. The Hall–Kier alpha value is -1.00. The van der Waals surface area contributed by atoms with E-state index in [1.54, 1.807) is 18.2 Å². The van der Waals surface area contributed by atoms with E-state index in [0.29, 0.717) is 10.0 Å². The van der Waals surface area contributed by atoms with Gasteiger partial charge in [0.2, 0.25) is 0 Å². The lowest BCUT2D eigenvalue weighted by Crippen LogP contribution is -2.11. The molecule has 0 saturated carbocycles. The summed E-state index contributed by atoms with van der Waals surface area (Å²) in [6.07, 6.45) is -3.56. The third-order valence-electron chi connectivity index (χ3n) is 3.27. The van der Waals surface area contributed by atoms with Crippen molar-refractivity contribution in [2.75, 3.05) is 0 Å². The first-order valence-corrected chi connectivity index (χ1v) is 7.65. The highest BCUT2D eigenvalue weighted by atomic mass is 79.9. The second-order valence-electron chi connectivity index (χ2n) is 4.69. The SMILES string of the molecule is CCc1ccc(C(Cl)c2ccc(Br)cc2C(F)(F)F)cc1. The standard InChI is InChI=1S/C16H13BrClF3/c1-2-10-3-5-11(6-4-10)15(18)13-8-7-12(17)9-14(13)16(19,20)21/h3-9,15H,2H2,1H3. The molecule has 0 fully saturated rings. The van der Waals surface area contributed by atoms with E-state index in [1.807, 2.05) is 19.1 Å². The van der Waals surface area contributed by atoms with Gasteiger partial charge in [-0.05, 0) is 35.2 Å². The molecular weight excluding hydrogens is 365 g/mol. The molecule has 1 atom stereocenters. The van der Waals surface area contributed by atoms with E-state index < -0.39 is 17.1 Å². The van der Waals surface area contributed by atoms with Crippen molar-refractivity contribution in [2.45, 2.75) is 24.9 Å². The minimum absolute atomic E-state index is 0.0663. The number of halogens is 5. The van der Waals surface area contributed by atoms with Gasteiger partial charge in [-0.3, -0.25) is 0 Å². The van der Waals surface area contributed by atoms with Crippen molar-refractivity contribution in [2.24, 2.45) is 0 Å². The highest BCUT2D eigenvalue weighted by Crippen LogP contribution is 2.40. The summed E-state index contributed by atoms with van der Waals surface area (Å²) in [6.45, 7) is 2.02. The maximum Gasteiger partial charge on any atom is 0.416 e. The van der Waals surface area contributed by atoms with E-state index >= 15 is 0 Å². The van der Waals surface area contributed by atoms with Crippen molar-refractivity contribution in [1.82, 2.24) is 0 Å². The van der Waals surface area contributed by atoms with Gasteiger partial charge in [-0.1, -0.05) is 53.2 Å². The van der Waals surface area contributed by atoms with Crippen LogP contribution in [0.5, 0.6) is 0 Å². The monoisotopic (exact) mass is 376 g/mol. The Balaban J connectivity index is 2.44. The second kappa shape index (κ2) is 6.41. The number of aryl methyl sites for hydroxylation is 1. The number of hydrogen-bond donors (Lipinski definition) is 0. The molecule has 0 N–H and O–H groups in total. The molecule has 0 bridgehead atoms. The number of alkyl halides is 4. The molecule has 2 aromatic rings. The molecule has 2 rings (SSSR count). The predicted octanol–water partition coefficient (Wildman–Crippen LogP) is 6.36. The first-order chi connectivity index (χ1) is 9.82. The Morgan fingerprint density at radius 3 is 2.24 bits per heavy atom. The van der Waals surface area contributed by atoms with Crippen molar-refractivity contribution in [3.8, 4) is 0 Å². The van der Waals surface area contributed by atoms with Gasteiger partial charge in [0.1, 0.15) is 0 Å². The number of benzene rings is 2. The van der Waals surface area contributed by atoms with Crippen LogP contribution in [0.4, 0.5) is 13.2 Å². The van der Waals surface area contributed by atoms with E-state index in [-0.39, 0.29) is 5.56 Å². The van der Waals surface area contributed by atoms with Crippen LogP contribution < -0.4 is 0 Å². The molecule has 0 saturated heterocycles. The van der Waals surface area contributed by atoms with Gasteiger partial charge < -0.3 is 0 Å². The van der Waals surface area contributed by atoms with E-state index in [4.69, 9.17) is 11.6 Å². The highest BCUT2D eigenvalue weighted by molar-refractivity contribution is 9.10. The molecule has 0 nitrogen and oxygen atoms in total. The topological polar surface area (TPSA) is 0 Å². The molecular formula is C16H13BrClF3. The maximum absolute atomic E-state index is 13.1. The summed E-state index contributed by atoms with van der Waals surface area (Å²) >= 11 is 9.35. The minimum Gasteiger partial charge on any atom is -0.166 e. The van der Waals surface area contributed by atoms with Gasteiger partial charge in [-0.15, -0.1) is 11.6 Å². The maximum atomic E-state index is 13.1. The van der Waals surface area contributed by atoms with Crippen molar-refractivity contribution in [3.63, 3.8) is 0 Å². The predicted molar refractivity (Wildman–Crippen MR) is 82.7 cm³/mol. The summed E-state index contributed by atoms with van der Waals surface area (Å²) in [4.78, 5) is 0. The van der Waals surface area contributed by atoms with Crippen LogP contribution in [0, 0.1) is 0 Å². The van der Waals surface area contributed by atoms with Crippen LogP contribution in [0.25, 0.3) is 0 Å². The zero-order valence-electron chi connectivity index (χ0n) is 11.2. The molecule has 0 radical (unpaired) electrons. The van der Waals surface area contributed by atoms with E-state index in [0.717, 1.165) is 18.1 Å². The molecule has 1 unspecified atom stereocenters. The molecule has 0 amide bonds. The van der Waals surface area contributed by atoms with Gasteiger partial charge in [0.25, 0.3) is 0 Å². The van der Waals surface area contributed by atoms with Gasteiger partial charge in [-0.2, -0.15) is 13.2 Å². The van der Waals surface area contributed by atoms with E-state index in [9.17, 15) is 13.2 Å². The number of rotatable bonds is 3. The first-order valence-electron chi connectivity index (χ1n) is 6.42. The van der Waals surface area contributed by atoms with Gasteiger partial charge in [-0.25, -0.2) is 0 Å². The fourth-order valence-electron chi connectivity index (χ4n) is 2.10. The summed E-state index contributed by atoms with van der Waals surface area (Å²) in [5, 5.41) is -0.833. The van der Waals surface area contributed by atoms with Gasteiger partial charge in [0.15, 0.2) is 0 Å². The lowest BCUT2D eigenvalue weighted by Gasteiger charge is -2.18. The van der Waals surface area contributed by atoms with E-state index in [2.05, 4.69) is 15.9 Å². The zero-order chi connectivity index (χ0) is 15.6. The van der Waals surface area contributed by atoms with Crippen LogP contribution in [-0.2, 0) is 12.6 Å². The Morgan fingerprint density at radius 2 is 1.71 bits per heavy atom. The molecule has 0 aliphatic heterocycles. The molecule has 0 heterocycles. The molecule has 0 aromatic heterocycles. The number of hydrogen-bond acceptors (Lipinski definition) is 0. The largest absolute Gasteiger partial charge is 0.416 e. The summed E-state index contributed by atoms with van der Waals surface area (Å²) < 4.78 is 39.8. The van der Waals surface area contributed by atoms with Crippen LogP contribution in [0.2, 0.25) is 0 Å². The quantitative estimate of drug-likeness (QED) is 0.546. The third-order valence-corrected chi connectivity index (χ3v) is 4.25. The van der Waals surface area contributed by atoms with Crippen LogP contribution >= 0.6 is 27.5 Å². The smallest absolute Gasteiger partial charge is 0.166 e. The molecule has 0 spiro atoms. The molecule has 2 aromatic carbocycles. The Bertz CT molecular complexity index is 620. The summed E-state index contributed by atoms with van der Waals surface area (Å²) in [7, 11) is 0. The van der Waals surface area contributed by atoms with Crippen molar-refractivity contribution in [3.05, 3.63) is 69.2 Å². The fourth-order valence-corrected chi connectivity index (χ4v) is 2.79. The van der Waals surface area contributed by atoms with Crippen molar-refractivity contribution >= 4 is 27.5 Å². The van der Waals surface area contributed by atoms with Crippen molar-refractivity contribution < 1.29 is 13.2 Å². The average Bonchev–Trinajstić information content (AvgIpc) is 2.45. The zero-order valence-corrected chi connectivity index (χ0v) is 13.6. The highest BCUT2D eigenvalue weighted by Gasteiger charge is 2.35. The van der Waals surface area contributed by atoms with Crippen LogP contribution in [0.15, 0.2) is 46.9 Å². The minimum atomic E-state index is -4.43. The van der Waals surface area contributed by atoms with E-state index in [1.165, 1.54) is 6.07 Å². The molecule has 0 aliphatic carbocycles. The van der Waals surface area contributed by atoms with Gasteiger partial charge >= 0.3 is 6.18 Å². The normalized spacial score (nSPS) is 13.2. The Kier molecular flexibility index (Phi) is 4.99. The fraction of sp³-hybridized carbons (Fsp3) is 0.250. The van der Waals surface area contributed by atoms with Crippen LogP contribution in [-0.4, -0.2) is 0 Å². The Morgan fingerprint density at radius 1 is 1.10 bits per heavy atom. The average molecular weight is 378 g/mol. The van der Waals surface area contributed by atoms with Crippen LogP contribution in [0.3, 0.4) is 0 Å². The van der Waals surface area contributed by atoms with Crippen molar-refractivity contribution in [1.29, 1.82) is 0 Å².